The molecule has 5 heteroatoms. The summed E-state index contributed by atoms with van der Waals surface area (Å²) in [5, 5.41) is 4.20. The fraction of sp³-hybridized carbons (Fsp3) is 0.357. The van der Waals surface area contributed by atoms with E-state index < -0.39 is 0 Å². The molecule has 2 aromatic rings. The number of hydrogen-bond acceptors (Lipinski definition) is 4. The number of nitrogens with zero attached hydrogens (tertiary/aromatic N) is 1. The van der Waals surface area contributed by atoms with Gasteiger partial charge < -0.3 is 10.1 Å². The zero-order valence-corrected chi connectivity index (χ0v) is 12.8. The molecule has 0 spiro atoms. The van der Waals surface area contributed by atoms with Crippen molar-refractivity contribution in [3.05, 3.63) is 44.9 Å². The Balaban J connectivity index is 2.09. The molecule has 2 rings (SSSR count). The molecule has 0 aliphatic heterocycles. The van der Waals surface area contributed by atoms with E-state index in [0.717, 1.165) is 28.6 Å². The van der Waals surface area contributed by atoms with Gasteiger partial charge in [0.15, 0.2) is 0 Å². The average molecular weight is 297 g/mol. The minimum Gasteiger partial charge on any atom is -0.496 e. The predicted molar refractivity (Wildman–Crippen MR) is 80.1 cm³/mol. The molecule has 1 atom stereocenters. The maximum absolute atomic E-state index is 6.05. The molecule has 0 aliphatic carbocycles. The van der Waals surface area contributed by atoms with Gasteiger partial charge in [-0.1, -0.05) is 11.6 Å². The first-order chi connectivity index (χ1) is 9.11. The Morgan fingerprint density at radius 3 is 2.89 bits per heavy atom. The fourth-order valence-electron chi connectivity index (χ4n) is 1.90. The molecule has 0 bridgehead atoms. The van der Waals surface area contributed by atoms with Crippen LogP contribution in [0.4, 0.5) is 0 Å². The number of aromatic nitrogens is 1. The summed E-state index contributed by atoms with van der Waals surface area (Å²) in [5.41, 5.74) is 4.02. The molecule has 1 N–H and O–H groups in total. The smallest absolute Gasteiger partial charge is 0.123 e. The van der Waals surface area contributed by atoms with Gasteiger partial charge in [-0.15, -0.1) is 11.3 Å². The van der Waals surface area contributed by atoms with Gasteiger partial charge in [-0.2, -0.15) is 0 Å². The Labute approximate surface area is 122 Å². The van der Waals surface area contributed by atoms with E-state index in [1.807, 2.05) is 30.6 Å². The lowest BCUT2D eigenvalue weighted by Crippen LogP contribution is -2.18. The first-order valence-corrected chi connectivity index (χ1v) is 7.33. The number of hydrogen-bond donors (Lipinski definition) is 1. The number of thiazole rings is 1. The van der Waals surface area contributed by atoms with Crippen LogP contribution in [0.1, 0.15) is 29.1 Å². The van der Waals surface area contributed by atoms with E-state index in [1.54, 1.807) is 18.4 Å². The molecule has 0 saturated heterocycles. The second-order valence-electron chi connectivity index (χ2n) is 4.35. The molecule has 0 aliphatic rings. The number of benzene rings is 1. The second-order valence-corrected chi connectivity index (χ2v) is 5.73. The van der Waals surface area contributed by atoms with Crippen molar-refractivity contribution in [3.63, 3.8) is 0 Å². The van der Waals surface area contributed by atoms with Crippen LogP contribution in [0.2, 0.25) is 5.02 Å². The summed E-state index contributed by atoms with van der Waals surface area (Å²) in [7, 11) is 1.67. The topological polar surface area (TPSA) is 34.1 Å². The third kappa shape index (κ3) is 3.47. The summed E-state index contributed by atoms with van der Waals surface area (Å²) in [5.74, 6) is 0.852. The highest BCUT2D eigenvalue weighted by Crippen LogP contribution is 2.28. The van der Waals surface area contributed by atoms with Crippen molar-refractivity contribution in [2.45, 2.75) is 26.4 Å². The van der Waals surface area contributed by atoms with E-state index in [9.17, 15) is 0 Å². The van der Waals surface area contributed by atoms with Gasteiger partial charge >= 0.3 is 0 Å². The lowest BCUT2D eigenvalue weighted by Gasteiger charge is -2.17. The Kier molecular flexibility index (Phi) is 4.80. The van der Waals surface area contributed by atoms with Crippen LogP contribution in [0.5, 0.6) is 5.75 Å². The zero-order chi connectivity index (χ0) is 13.8. The van der Waals surface area contributed by atoms with E-state index in [-0.39, 0.29) is 6.04 Å². The summed E-state index contributed by atoms with van der Waals surface area (Å²) >= 11 is 7.72. The average Bonchev–Trinajstić information content (AvgIpc) is 2.81. The van der Waals surface area contributed by atoms with E-state index in [1.165, 1.54) is 4.88 Å². The van der Waals surface area contributed by atoms with Gasteiger partial charge in [0.05, 0.1) is 18.3 Å². The number of halogens is 1. The predicted octanol–water partition coefficient (Wildman–Crippen LogP) is 3.96. The van der Waals surface area contributed by atoms with E-state index in [0.29, 0.717) is 0 Å². The number of aryl methyl sites for hydroxylation is 1. The van der Waals surface area contributed by atoms with Crippen LogP contribution in [0.3, 0.4) is 0 Å². The molecule has 19 heavy (non-hydrogen) atoms. The molecule has 102 valence electrons. The highest BCUT2D eigenvalue weighted by molar-refractivity contribution is 7.09. The third-order valence-electron chi connectivity index (χ3n) is 3.07. The Morgan fingerprint density at radius 2 is 2.26 bits per heavy atom. The number of ether oxygens (including phenoxy) is 1. The molecular formula is C14H17ClN2OS. The summed E-state index contributed by atoms with van der Waals surface area (Å²) < 4.78 is 5.37. The van der Waals surface area contributed by atoms with Crippen LogP contribution in [-0.2, 0) is 6.54 Å². The number of rotatable bonds is 5. The van der Waals surface area contributed by atoms with Crippen LogP contribution in [0.15, 0.2) is 23.7 Å². The van der Waals surface area contributed by atoms with Crippen LogP contribution >= 0.6 is 22.9 Å². The molecule has 1 aromatic heterocycles. The zero-order valence-electron chi connectivity index (χ0n) is 11.2. The quantitative estimate of drug-likeness (QED) is 0.907. The van der Waals surface area contributed by atoms with Gasteiger partial charge in [-0.25, -0.2) is 4.98 Å². The molecule has 3 nitrogen and oxygen atoms in total. The van der Waals surface area contributed by atoms with Gasteiger partial charge in [0.25, 0.3) is 0 Å². The van der Waals surface area contributed by atoms with Crippen molar-refractivity contribution >= 4 is 22.9 Å². The van der Waals surface area contributed by atoms with Crippen molar-refractivity contribution in [2.24, 2.45) is 0 Å². The van der Waals surface area contributed by atoms with Crippen molar-refractivity contribution < 1.29 is 4.74 Å². The summed E-state index contributed by atoms with van der Waals surface area (Å²) in [4.78, 5) is 5.51. The first kappa shape index (κ1) is 14.3. The number of nitrogens with one attached hydrogen (secondary N) is 1. The Bertz CT molecular complexity index is 556. The molecule has 1 aromatic carbocycles. The van der Waals surface area contributed by atoms with Crippen LogP contribution in [-0.4, -0.2) is 12.1 Å². The summed E-state index contributed by atoms with van der Waals surface area (Å²) in [6.45, 7) is 4.93. The third-order valence-corrected chi connectivity index (χ3v) is 4.24. The molecule has 0 radical (unpaired) electrons. The Morgan fingerprint density at radius 1 is 1.47 bits per heavy atom. The maximum atomic E-state index is 6.05. The first-order valence-electron chi connectivity index (χ1n) is 6.07. The van der Waals surface area contributed by atoms with E-state index in [4.69, 9.17) is 16.3 Å². The molecular weight excluding hydrogens is 280 g/mol. The van der Waals surface area contributed by atoms with Crippen LogP contribution in [0, 0.1) is 6.92 Å². The Hall–Kier alpha value is -1.10. The van der Waals surface area contributed by atoms with Gasteiger partial charge in [0.2, 0.25) is 0 Å². The molecule has 0 saturated carbocycles. The van der Waals surface area contributed by atoms with E-state index >= 15 is 0 Å². The second kappa shape index (κ2) is 6.37. The normalized spacial score (nSPS) is 12.4. The molecule has 1 unspecified atom stereocenters. The minimum atomic E-state index is 0.162. The van der Waals surface area contributed by atoms with E-state index in [2.05, 4.69) is 17.2 Å². The number of methoxy groups -OCH3 is 1. The minimum absolute atomic E-state index is 0.162. The van der Waals surface area contributed by atoms with Crippen molar-refractivity contribution in [3.8, 4) is 5.75 Å². The fourth-order valence-corrected chi connectivity index (χ4v) is 2.80. The van der Waals surface area contributed by atoms with Gasteiger partial charge in [-0.3, -0.25) is 0 Å². The summed E-state index contributed by atoms with van der Waals surface area (Å²) in [6.07, 6.45) is 0. The SMILES string of the molecule is COc1ccc(Cl)cc1C(C)NCc1scnc1C. The lowest BCUT2D eigenvalue weighted by atomic mass is 10.1. The lowest BCUT2D eigenvalue weighted by molar-refractivity contribution is 0.401. The van der Waals surface area contributed by atoms with Gasteiger partial charge in [0.1, 0.15) is 5.75 Å². The summed E-state index contributed by atoms with van der Waals surface area (Å²) in [6, 6.07) is 5.84. The molecule has 0 amide bonds. The van der Waals surface area contributed by atoms with Gasteiger partial charge in [-0.05, 0) is 32.0 Å². The molecule has 0 fully saturated rings. The maximum Gasteiger partial charge on any atom is 0.123 e. The molecule has 1 heterocycles. The van der Waals surface area contributed by atoms with Crippen molar-refractivity contribution in [1.82, 2.24) is 10.3 Å². The van der Waals surface area contributed by atoms with Crippen molar-refractivity contribution in [2.75, 3.05) is 7.11 Å². The van der Waals surface area contributed by atoms with Crippen molar-refractivity contribution in [1.29, 1.82) is 0 Å². The monoisotopic (exact) mass is 296 g/mol. The highest BCUT2D eigenvalue weighted by atomic mass is 35.5. The largest absolute Gasteiger partial charge is 0.496 e. The van der Waals surface area contributed by atoms with Crippen LogP contribution in [0.25, 0.3) is 0 Å². The highest BCUT2D eigenvalue weighted by Gasteiger charge is 2.12. The van der Waals surface area contributed by atoms with Gasteiger partial charge in [0, 0.05) is 28.0 Å². The standard InChI is InChI=1S/C14H17ClN2OS/c1-9(16-7-14-10(2)17-8-19-14)12-6-11(15)4-5-13(12)18-3/h4-6,8-9,16H,7H2,1-3H3. The van der Waals surface area contributed by atoms with Crippen LogP contribution < -0.4 is 10.1 Å².